The van der Waals surface area contributed by atoms with Gasteiger partial charge in [-0.3, -0.25) is 4.68 Å². The number of hydrogen-bond acceptors (Lipinski definition) is 3. The van der Waals surface area contributed by atoms with Crippen molar-refractivity contribution in [2.45, 2.75) is 38.5 Å². The molecule has 106 valence electrons. The topological polar surface area (TPSA) is 47.3 Å². The molecule has 3 rings (SSSR count). The number of nitrogens with zero attached hydrogens (tertiary/aromatic N) is 2. The minimum Gasteiger partial charge on any atom is -0.485 e. The fourth-order valence-electron chi connectivity index (χ4n) is 2.42. The first-order valence-corrected chi connectivity index (χ1v) is 6.73. The fourth-order valence-corrected chi connectivity index (χ4v) is 2.42. The van der Waals surface area contributed by atoms with Crippen molar-refractivity contribution in [2.24, 2.45) is 0 Å². The monoisotopic (exact) mass is 276 g/mol. The highest BCUT2D eigenvalue weighted by Gasteiger charge is 2.29. The molecule has 4 nitrogen and oxygen atoms in total. The van der Waals surface area contributed by atoms with Gasteiger partial charge in [0.2, 0.25) is 0 Å². The van der Waals surface area contributed by atoms with Crippen molar-refractivity contribution in [3.8, 4) is 5.75 Å². The number of aliphatic hydroxyl groups is 1. The summed E-state index contributed by atoms with van der Waals surface area (Å²) in [6.45, 7) is 4.09. The van der Waals surface area contributed by atoms with E-state index in [1.807, 2.05) is 24.7 Å². The molecule has 0 aliphatic carbocycles. The summed E-state index contributed by atoms with van der Waals surface area (Å²) in [5.74, 6) is 0.171. The van der Waals surface area contributed by atoms with Crippen molar-refractivity contribution in [3.05, 3.63) is 47.5 Å². The summed E-state index contributed by atoms with van der Waals surface area (Å²) in [5.41, 5.74) is 1.44. The first kappa shape index (κ1) is 13.1. The Balaban J connectivity index is 1.88. The third-order valence-corrected chi connectivity index (χ3v) is 3.56. The molecule has 2 atom stereocenters. The minimum absolute atomic E-state index is 0.254. The van der Waals surface area contributed by atoms with Crippen LogP contribution in [0.3, 0.4) is 0 Å². The second-order valence-corrected chi connectivity index (χ2v) is 5.39. The Morgan fingerprint density at radius 1 is 1.45 bits per heavy atom. The number of hydrogen-bond donors (Lipinski definition) is 1. The average molecular weight is 276 g/mol. The third-order valence-electron chi connectivity index (χ3n) is 3.56. The average Bonchev–Trinajstić information content (AvgIpc) is 2.89. The van der Waals surface area contributed by atoms with Crippen molar-refractivity contribution >= 4 is 0 Å². The van der Waals surface area contributed by atoms with Crippen molar-refractivity contribution in [1.82, 2.24) is 9.78 Å². The van der Waals surface area contributed by atoms with Gasteiger partial charge in [0, 0.05) is 29.8 Å². The van der Waals surface area contributed by atoms with Crippen molar-refractivity contribution in [2.75, 3.05) is 0 Å². The molecule has 1 unspecified atom stereocenters. The smallest absolute Gasteiger partial charge is 0.130 e. The van der Waals surface area contributed by atoms with Crippen LogP contribution in [0.15, 0.2) is 30.6 Å². The van der Waals surface area contributed by atoms with Gasteiger partial charge in [-0.05, 0) is 32.0 Å². The first-order chi connectivity index (χ1) is 9.54. The van der Waals surface area contributed by atoms with Gasteiger partial charge in [0.1, 0.15) is 17.7 Å². The molecular weight excluding hydrogens is 259 g/mol. The molecule has 0 bridgehead atoms. The zero-order valence-electron chi connectivity index (χ0n) is 11.5. The Hall–Kier alpha value is -1.88. The second-order valence-electron chi connectivity index (χ2n) is 5.39. The molecular formula is C15H17FN2O2. The van der Waals surface area contributed by atoms with E-state index in [9.17, 15) is 9.50 Å². The molecule has 2 aromatic rings. The van der Waals surface area contributed by atoms with Crippen molar-refractivity contribution in [3.63, 3.8) is 0 Å². The van der Waals surface area contributed by atoms with Gasteiger partial charge in [-0.15, -0.1) is 0 Å². The van der Waals surface area contributed by atoms with Crippen LogP contribution in [0.25, 0.3) is 0 Å². The molecule has 0 saturated carbocycles. The quantitative estimate of drug-likeness (QED) is 0.916. The predicted molar refractivity (Wildman–Crippen MR) is 72.0 cm³/mol. The first-order valence-electron chi connectivity index (χ1n) is 6.73. The molecule has 2 heterocycles. The minimum atomic E-state index is -0.721. The Morgan fingerprint density at radius 2 is 2.25 bits per heavy atom. The van der Waals surface area contributed by atoms with Crippen LogP contribution in [0.2, 0.25) is 0 Å². The Morgan fingerprint density at radius 3 is 2.95 bits per heavy atom. The second kappa shape index (κ2) is 4.90. The van der Waals surface area contributed by atoms with E-state index in [2.05, 4.69) is 5.10 Å². The van der Waals surface area contributed by atoms with E-state index in [0.717, 1.165) is 5.56 Å². The van der Waals surface area contributed by atoms with Crippen LogP contribution in [0.5, 0.6) is 5.75 Å². The Labute approximate surface area is 116 Å². The van der Waals surface area contributed by atoms with E-state index < -0.39 is 6.10 Å². The van der Waals surface area contributed by atoms with Crippen LogP contribution in [0.1, 0.15) is 49.6 Å². The van der Waals surface area contributed by atoms with Gasteiger partial charge in [0.25, 0.3) is 0 Å². The molecule has 5 heteroatoms. The van der Waals surface area contributed by atoms with Gasteiger partial charge in [-0.1, -0.05) is 0 Å². The highest BCUT2D eigenvalue weighted by atomic mass is 19.1. The molecule has 0 saturated heterocycles. The van der Waals surface area contributed by atoms with Crippen LogP contribution in [0, 0.1) is 5.82 Å². The zero-order valence-corrected chi connectivity index (χ0v) is 11.5. The van der Waals surface area contributed by atoms with Crippen molar-refractivity contribution < 1.29 is 14.2 Å². The van der Waals surface area contributed by atoms with Crippen LogP contribution < -0.4 is 4.74 Å². The largest absolute Gasteiger partial charge is 0.485 e. The molecule has 1 N–H and O–H groups in total. The maximum Gasteiger partial charge on any atom is 0.130 e. The SMILES string of the molecule is CC(C)n1cc(C2C[C@H](O)c3cc(F)ccc3O2)cn1. The molecule has 0 fully saturated rings. The fraction of sp³-hybridized carbons (Fsp3) is 0.400. The molecule has 0 radical (unpaired) electrons. The van der Waals surface area contributed by atoms with E-state index in [1.165, 1.54) is 12.1 Å². The van der Waals surface area contributed by atoms with Gasteiger partial charge < -0.3 is 9.84 Å². The normalized spacial score (nSPS) is 21.6. The van der Waals surface area contributed by atoms with Gasteiger partial charge in [-0.2, -0.15) is 5.10 Å². The maximum absolute atomic E-state index is 13.2. The number of benzene rings is 1. The zero-order chi connectivity index (χ0) is 14.3. The van der Waals surface area contributed by atoms with E-state index in [-0.39, 0.29) is 18.0 Å². The van der Waals surface area contributed by atoms with Gasteiger partial charge in [0.05, 0.1) is 12.3 Å². The lowest BCUT2D eigenvalue weighted by atomic mass is 9.96. The molecule has 0 spiro atoms. The number of rotatable bonds is 2. The highest BCUT2D eigenvalue weighted by molar-refractivity contribution is 5.38. The molecule has 20 heavy (non-hydrogen) atoms. The third kappa shape index (κ3) is 2.29. The number of halogens is 1. The lowest BCUT2D eigenvalue weighted by molar-refractivity contribution is 0.0653. The summed E-state index contributed by atoms with van der Waals surface area (Å²) >= 11 is 0. The summed E-state index contributed by atoms with van der Waals surface area (Å²) in [7, 11) is 0. The Kier molecular flexibility index (Phi) is 3.22. The van der Waals surface area contributed by atoms with E-state index in [4.69, 9.17) is 4.74 Å². The summed E-state index contributed by atoms with van der Waals surface area (Å²) < 4.78 is 20.9. The summed E-state index contributed by atoms with van der Waals surface area (Å²) in [6.07, 6.45) is 3.11. The molecule has 1 aromatic heterocycles. The van der Waals surface area contributed by atoms with Crippen LogP contribution >= 0.6 is 0 Å². The maximum atomic E-state index is 13.2. The van der Waals surface area contributed by atoms with Gasteiger partial charge in [-0.25, -0.2) is 4.39 Å². The molecule has 1 aliphatic heterocycles. The lowest BCUT2D eigenvalue weighted by Crippen LogP contribution is -2.19. The lowest BCUT2D eigenvalue weighted by Gasteiger charge is -2.29. The molecule has 0 amide bonds. The van der Waals surface area contributed by atoms with Crippen molar-refractivity contribution in [1.29, 1.82) is 0 Å². The van der Waals surface area contributed by atoms with Crippen LogP contribution in [-0.4, -0.2) is 14.9 Å². The van der Waals surface area contributed by atoms with Gasteiger partial charge in [0.15, 0.2) is 0 Å². The van der Waals surface area contributed by atoms with E-state index in [1.54, 1.807) is 12.3 Å². The summed E-state index contributed by atoms with van der Waals surface area (Å²) in [4.78, 5) is 0. The molecule has 1 aliphatic rings. The van der Waals surface area contributed by atoms with Crippen LogP contribution in [0.4, 0.5) is 4.39 Å². The van der Waals surface area contributed by atoms with E-state index in [0.29, 0.717) is 17.7 Å². The number of ether oxygens (including phenoxy) is 1. The standard InChI is InChI=1S/C15H17FN2O2/c1-9(2)18-8-10(7-17-18)15-6-13(19)12-5-11(16)3-4-14(12)20-15/h3-5,7-9,13,15,19H,6H2,1-2H3/t13-,15?/m0/s1. The highest BCUT2D eigenvalue weighted by Crippen LogP contribution is 2.40. The number of aromatic nitrogens is 2. The number of fused-ring (bicyclic) bond motifs is 1. The summed E-state index contributed by atoms with van der Waals surface area (Å²) in [5, 5.41) is 14.4. The molecule has 1 aromatic carbocycles. The van der Waals surface area contributed by atoms with Crippen LogP contribution in [-0.2, 0) is 0 Å². The number of aliphatic hydroxyl groups excluding tert-OH is 1. The predicted octanol–water partition coefficient (Wildman–Crippen LogP) is 3.16. The van der Waals surface area contributed by atoms with Gasteiger partial charge >= 0.3 is 0 Å². The van der Waals surface area contributed by atoms with E-state index >= 15 is 0 Å². The summed E-state index contributed by atoms with van der Waals surface area (Å²) in [6, 6.07) is 4.50. The Bertz CT molecular complexity index is 624.